The number of carbonyl (C=O) groups excluding carboxylic acids is 2. The van der Waals surface area contributed by atoms with Gasteiger partial charge in [-0.05, 0) is 46.5 Å². The van der Waals surface area contributed by atoms with Gasteiger partial charge in [0.1, 0.15) is 6.61 Å². The molecule has 0 heterocycles. The van der Waals surface area contributed by atoms with Crippen LogP contribution in [0.1, 0.15) is 330 Å². The molecule has 0 aliphatic carbocycles. The second kappa shape index (κ2) is 61.0. The number of rotatable bonds is 66. The summed E-state index contributed by atoms with van der Waals surface area (Å²) >= 11 is 0. The molecule has 0 saturated carbocycles. The van der Waals surface area contributed by atoms with E-state index >= 15 is 0 Å². The second-order valence-electron chi connectivity index (χ2n) is 23.0. The van der Waals surface area contributed by atoms with Gasteiger partial charge in [-0.25, -0.2) is 0 Å². The summed E-state index contributed by atoms with van der Waals surface area (Å²) in [6.45, 7) is 18.1. The van der Waals surface area contributed by atoms with Gasteiger partial charge < -0.3 is 37.5 Å². The van der Waals surface area contributed by atoms with E-state index < -0.39 is 14.2 Å². The number of carbonyl (C=O) groups is 2. The Morgan fingerprint density at radius 1 is 0.338 bits per heavy atom. The number of hydrogen-bond donors (Lipinski definition) is 1. The van der Waals surface area contributed by atoms with Crippen molar-refractivity contribution >= 4 is 20.7 Å². The molecule has 0 rings (SSSR count). The van der Waals surface area contributed by atoms with Crippen LogP contribution in [0, 0.1) is 5.41 Å². The van der Waals surface area contributed by atoms with E-state index in [1.54, 1.807) is 0 Å². The average molecular weight is 1110 g/mol. The number of ether oxygens (including phenoxy) is 4. The fraction of sp³-hybridized carbons (Fsp3) is 0.970. The van der Waals surface area contributed by atoms with Crippen molar-refractivity contribution in [3.05, 3.63) is 0 Å². The van der Waals surface area contributed by atoms with E-state index in [1.807, 2.05) is 20.8 Å². The zero-order valence-corrected chi connectivity index (χ0v) is 53.5. The summed E-state index contributed by atoms with van der Waals surface area (Å²) in [5, 5.41) is 2.98. The SMILES string of the molecule is CCCCCCCCCCCCCCCCOCC(COCCCCCCCCCCCCCCCC)(COCCCCCCCCCCCCCCCC)COC(=O)CCC(=O)NCCC[Si](OCC)(OCC)OCC. The summed E-state index contributed by atoms with van der Waals surface area (Å²) in [6.07, 6.45) is 56.3. The molecule has 11 heteroatoms. The van der Waals surface area contributed by atoms with Gasteiger partial charge in [-0.1, -0.05) is 271 Å². The van der Waals surface area contributed by atoms with Gasteiger partial charge in [-0.3, -0.25) is 9.59 Å². The fourth-order valence-electron chi connectivity index (χ4n) is 10.5. The smallest absolute Gasteiger partial charge is 0.465 e. The first-order chi connectivity index (χ1) is 37.9. The van der Waals surface area contributed by atoms with Crippen molar-refractivity contribution < 1.29 is 41.8 Å². The van der Waals surface area contributed by atoms with E-state index in [1.165, 1.54) is 250 Å². The molecule has 0 aromatic rings. The Morgan fingerprint density at radius 3 is 0.883 bits per heavy atom. The van der Waals surface area contributed by atoms with E-state index in [0.29, 0.717) is 78.5 Å². The molecule has 0 spiro atoms. The Kier molecular flexibility index (Phi) is 60.1. The quantitative estimate of drug-likeness (QED) is 0.0362. The summed E-state index contributed by atoms with van der Waals surface area (Å²) < 4.78 is 43.4. The van der Waals surface area contributed by atoms with Crippen LogP contribution >= 0.6 is 0 Å². The first-order valence-electron chi connectivity index (χ1n) is 33.9. The lowest BCUT2D eigenvalue weighted by molar-refractivity contribution is -0.156. The summed E-state index contributed by atoms with van der Waals surface area (Å²) in [4.78, 5) is 26.3. The summed E-state index contributed by atoms with van der Waals surface area (Å²) in [5.74, 6) is -0.555. The molecule has 10 nitrogen and oxygen atoms in total. The number of nitrogens with one attached hydrogen (secondary N) is 1. The van der Waals surface area contributed by atoms with Crippen LogP contribution in [0.3, 0.4) is 0 Å². The maximum absolute atomic E-state index is 13.4. The number of esters is 1. The molecule has 0 aliphatic heterocycles. The third-order valence-electron chi connectivity index (χ3n) is 15.3. The van der Waals surface area contributed by atoms with E-state index in [-0.39, 0.29) is 31.3 Å². The number of hydrogen-bond acceptors (Lipinski definition) is 9. The van der Waals surface area contributed by atoms with Crippen molar-refractivity contribution in [2.24, 2.45) is 5.41 Å². The van der Waals surface area contributed by atoms with Crippen LogP contribution in [-0.2, 0) is 41.8 Å². The zero-order chi connectivity index (χ0) is 56.1. The van der Waals surface area contributed by atoms with Crippen LogP contribution in [0.5, 0.6) is 0 Å². The Morgan fingerprint density at radius 2 is 0.610 bits per heavy atom. The molecule has 1 N–H and O–H groups in total. The largest absolute Gasteiger partial charge is 0.500 e. The molecule has 0 aromatic heterocycles. The average Bonchev–Trinajstić information content (AvgIpc) is 3.42. The maximum Gasteiger partial charge on any atom is 0.500 e. The van der Waals surface area contributed by atoms with Gasteiger partial charge in [0, 0.05) is 58.7 Å². The highest BCUT2D eigenvalue weighted by atomic mass is 28.4. The summed E-state index contributed by atoms with van der Waals surface area (Å²) in [7, 11) is -2.78. The van der Waals surface area contributed by atoms with Crippen molar-refractivity contribution in [1.29, 1.82) is 0 Å². The van der Waals surface area contributed by atoms with Crippen LogP contribution in [0.15, 0.2) is 0 Å². The highest BCUT2D eigenvalue weighted by Gasteiger charge is 2.39. The molecule has 0 bridgehead atoms. The summed E-state index contributed by atoms with van der Waals surface area (Å²) in [5.41, 5.74) is -0.627. The van der Waals surface area contributed by atoms with E-state index in [9.17, 15) is 9.59 Å². The lowest BCUT2D eigenvalue weighted by Crippen LogP contribution is -2.46. The van der Waals surface area contributed by atoms with Gasteiger partial charge in [-0.15, -0.1) is 0 Å². The minimum Gasteiger partial charge on any atom is -0.465 e. The van der Waals surface area contributed by atoms with Gasteiger partial charge in [0.05, 0.1) is 31.7 Å². The van der Waals surface area contributed by atoms with Crippen LogP contribution in [0.4, 0.5) is 0 Å². The fourth-order valence-corrected chi connectivity index (χ4v) is 13.1. The monoisotopic (exact) mass is 1110 g/mol. The predicted octanol–water partition coefficient (Wildman–Crippen LogP) is 19.3. The molecule has 0 aliphatic rings. The Hall–Kier alpha value is -1.08. The van der Waals surface area contributed by atoms with Crippen molar-refractivity contribution in [2.75, 3.05) is 72.6 Å². The van der Waals surface area contributed by atoms with Crippen LogP contribution in [0.25, 0.3) is 0 Å². The first kappa shape index (κ1) is 75.9. The number of unbranched alkanes of at least 4 members (excludes halogenated alkanes) is 39. The molecule has 0 atom stereocenters. The Bertz CT molecular complexity index is 1090. The van der Waals surface area contributed by atoms with Gasteiger partial charge >= 0.3 is 14.8 Å². The molecule has 77 heavy (non-hydrogen) atoms. The lowest BCUT2D eigenvalue weighted by Gasteiger charge is -2.33. The molecular formula is C66H133NO9Si. The Balaban J connectivity index is 5.36. The maximum atomic E-state index is 13.4. The molecule has 460 valence electrons. The lowest BCUT2D eigenvalue weighted by atomic mass is 9.92. The number of amides is 1. The van der Waals surface area contributed by atoms with Crippen molar-refractivity contribution in [3.8, 4) is 0 Å². The molecule has 0 unspecified atom stereocenters. The van der Waals surface area contributed by atoms with Crippen LogP contribution < -0.4 is 5.32 Å². The third kappa shape index (κ3) is 52.7. The van der Waals surface area contributed by atoms with E-state index in [4.69, 9.17) is 32.2 Å². The van der Waals surface area contributed by atoms with Crippen molar-refractivity contribution in [3.63, 3.8) is 0 Å². The van der Waals surface area contributed by atoms with E-state index in [0.717, 1.165) is 19.3 Å². The van der Waals surface area contributed by atoms with E-state index in [2.05, 4.69) is 26.1 Å². The van der Waals surface area contributed by atoms with Gasteiger partial charge in [-0.2, -0.15) is 0 Å². The first-order valence-corrected chi connectivity index (χ1v) is 35.9. The van der Waals surface area contributed by atoms with Gasteiger partial charge in [0.15, 0.2) is 0 Å². The topological polar surface area (TPSA) is 111 Å². The minimum absolute atomic E-state index is 0.0111. The standard InChI is InChI=1S/C66H133NO9Si/c1-7-13-16-19-22-25-28-31-34-37-40-43-46-49-56-70-60-66(61-71-57-50-47-44-41-38-35-32-29-26-23-20-17-14-8-2,62-72-58-51-48-45-42-39-36-33-30-27-24-21-18-15-9-3)63-73-65(69)54-53-64(68)67-55-52-59-77(74-10-4,75-11-5)76-12-6/h7-63H2,1-6H3,(H,67,68). The van der Waals surface area contributed by atoms with Crippen molar-refractivity contribution in [2.45, 2.75) is 337 Å². The highest BCUT2D eigenvalue weighted by molar-refractivity contribution is 6.60. The molecular weight excluding hydrogens is 979 g/mol. The molecule has 1 amide bonds. The molecule has 0 aromatic carbocycles. The molecule has 0 radical (unpaired) electrons. The molecule has 0 fully saturated rings. The van der Waals surface area contributed by atoms with Gasteiger partial charge in [0.2, 0.25) is 5.91 Å². The normalized spacial score (nSPS) is 12.0. The van der Waals surface area contributed by atoms with Gasteiger partial charge in [0.25, 0.3) is 0 Å². The predicted molar refractivity (Wildman–Crippen MR) is 329 cm³/mol. The summed E-state index contributed by atoms with van der Waals surface area (Å²) in [6, 6.07) is 0.622. The Labute approximate surface area is 480 Å². The van der Waals surface area contributed by atoms with Crippen LogP contribution in [0.2, 0.25) is 6.04 Å². The second-order valence-corrected chi connectivity index (χ2v) is 25.8. The minimum atomic E-state index is -2.78. The highest BCUT2D eigenvalue weighted by Crippen LogP contribution is 2.24. The molecule has 0 saturated heterocycles. The zero-order valence-electron chi connectivity index (χ0n) is 52.5. The third-order valence-corrected chi connectivity index (χ3v) is 18.5. The van der Waals surface area contributed by atoms with Crippen LogP contribution in [-0.4, -0.2) is 93.3 Å². The van der Waals surface area contributed by atoms with Crippen molar-refractivity contribution in [1.82, 2.24) is 5.32 Å².